The van der Waals surface area contributed by atoms with Crippen LogP contribution in [0.2, 0.25) is 0 Å². The minimum absolute atomic E-state index is 0.129. The summed E-state index contributed by atoms with van der Waals surface area (Å²) in [6.07, 6.45) is -0.587. The van der Waals surface area contributed by atoms with E-state index in [1.54, 1.807) is 0 Å². The summed E-state index contributed by atoms with van der Waals surface area (Å²) in [6, 6.07) is -0.653. The van der Waals surface area contributed by atoms with E-state index in [9.17, 15) is 13.6 Å². The molecule has 11 heavy (non-hydrogen) atoms. The lowest BCUT2D eigenvalue weighted by Gasteiger charge is -2.23. The zero-order valence-corrected chi connectivity index (χ0v) is 5.96. The molecule has 62 valence electrons. The highest BCUT2D eigenvalue weighted by Crippen LogP contribution is 2.25. The first kappa shape index (κ1) is 8.34. The molecule has 0 bridgehead atoms. The third-order valence-electron chi connectivity index (χ3n) is 1.89. The van der Waals surface area contributed by atoms with Crippen LogP contribution in [0, 0.1) is 0 Å². The lowest BCUT2D eigenvalue weighted by molar-refractivity contribution is 0.139. The minimum Gasteiger partial charge on any atom is -0.247 e. The Morgan fingerprint density at radius 1 is 1.36 bits per heavy atom. The van der Waals surface area contributed by atoms with Gasteiger partial charge in [0.25, 0.3) is 0 Å². The second-order valence-electron chi connectivity index (χ2n) is 2.71. The first-order valence-corrected chi connectivity index (χ1v) is 3.59. The Balaban J connectivity index is 2.50. The number of hydrogen-bond acceptors (Lipinski definition) is 2. The van der Waals surface area contributed by atoms with Gasteiger partial charge in [0.15, 0.2) is 0 Å². The molecule has 0 saturated heterocycles. The van der Waals surface area contributed by atoms with E-state index in [0.717, 1.165) is 0 Å². The van der Waals surface area contributed by atoms with Gasteiger partial charge >= 0.3 is 0 Å². The molecule has 0 aromatic carbocycles. The third kappa shape index (κ3) is 2.09. The van der Waals surface area contributed by atoms with Crippen molar-refractivity contribution < 1.29 is 13.6 Å². The zero-order valence-electron chi connectivity index (χ0n) is 5.96. The molecule has 1 aliphatic rings. The molecule has 0 radical (unpaired) electrons. The average Bonchev–Trinajstić information content (AvgIpc) is 1.95. The van der Waals surface area contributed by atoms with E-state index in [1.807, 2.05) is 0 Å². The fourth-order valence-corrected chi connectivity index (χ4v) is 1.26. The first-order valence-electron chi connectivity index (χ1n) is 3.59. The molecular weight excluding hydrogens is 152 g/mol. The van der Waals surface area contributed by atoms with E-state index < -0.39 is 18.4 Å². The van der Waals surface area contributed by atoms with Crippen LogP contribution in [0.4, 0.5) is 8.78 Å². The fraction of sp³-hybridized carbons (Fsp3) is 0.857. The predicted molar refractivity (Wildman–Crippen MR) is 35.6 cm³/mol. The summed E-state index contributed by atoms with van der Waals surface area (Å²) < 4.78 is 25.2. The SMILES string of the molecule is O=C=NC1CCC(F)CC1F. The van der Waals surface area contributed by atoms with Gasteiger partial charge in [-0.05, 0) is 12.8 Å². The van der Waals surface area contributed by atoms with Gasteiger partial charge in [-0.2, -0.15) is 4.99 Å². The van der Waals surface area contributed by atoms with Gasteiger partial charge in [-0.3, -0.25) is 0 Å². The molecule has 0 aliphatic heterocycles. The van der Waals surface area contributed by atoms with Crippen molar-refractivity contribution in [2.75, 3.05) is 0 Å². The minimum atomic E-state index is -1.31. The van der Waals surface area contributed by atoms with E-state index >= 15 is 0 Å². The Labute approximate surface area is 63.3 Å². The highest BCUT2D eigenvalue weighted by atomic mass is 19.1. The number of isocyanates is 1. The molecule has 0 heterocycles. The fourth-order valence-electron chi connectivity index (χ4n) is 1.26. The van der Waals surface area contributed by atoms with Crippen LogP contribution in [0.3, 0.4) is 0 Å². The molecule has 0 spiro atoms. The maximum Gasteiger partial charge on any atom is 0.235 e. The van der Waals surface area contributed by atoms with Crippen LogP contribution in [0.25, 0.3) is 0 Å². The first-order chi connectivity index (χ1) is 5.24. The second kappa shape index (κ2) is 3.58. The summed E-state index contributed by atoms with van der Waals surface area (Å²) in [4.78, 5) is 13.0. The summed E-state index contributed by atoms with van der Waals surface area (Å²) in [5.41, 5.74) is 0. The monoisotopic (exact) mass is 161 g/mol. The normalized spacial score (nSPS) is 37.8. The number of hydrogen-bond donors (Lipinski definition) is 0. The molecule has 1 aliphatic carbocycles. The Morgan fingerprint density at radius 3 is 2.64 bits per heavy atom. The van der Waals surface area contributed by atoms with E-state index in [-0.39, 0.29) is 6.42 Å². The van der Waals surface area contributed by atoms with Gasteiger partial charge in [0, 0.05) is 6.42 Å². The number of halogens is 2. The highest BCUT2D eigenvalue weighted by molar-refractivity contribution is 5.33. The van der Waals surface area contributed by atoms with Crippen molar-refractivity contribution in [2.45, 2.75) is 37.6 Å². The van der Waals surface area contributed by atoms with Crippen LogP contribution in [-0.4, -0.2) is 24.5 Å². The quantitative estimate of drug-likeness (QED) is 0.423. The molecule has 0 aromatic rings. The summed E-state index contributed by atoms with van der Waals surface area (Å²) >= 11 is 0. The van der Waals surface area contributed by atoms with Gasteiger partial charge in [-0.15, -0.1) is 0 Å². The highest BCUT2D eigenvalue weighted by Gasteiger charge is 2.30. The topological polar surface area (TPSA) is 29.4 Å². The Morgan fingerprint density at radius 2 is 2.09 bits per heavy atom. The van der Waals surface area contributed by atoms with Crippen molar-refractivity contribution in [1.29, 1.82) is 0 Å². The average molecular weight is 161 g/mol. The molecule has 4 heteroatoms. The smallest absolute Gasteiger partial charge is 0.235 e. The maximum absolute atomic E-state index is 12.8. The molecule has 0 aromatic heterocycles. The lowest BCUT2D eigenvalue weighted by Crippen LogP contribution is -2.29. The van der Waals surface area contributed by atoms with Gasteiger partial charge < -0.3 is 0 Å². The van der Waals surface area contributed by atoms with Gasteiger partial charge in [-0.25, -0.2) is 13.6 Å². The van der Waals surface area contributed by atoms with Crippen molar-refractivity contribution >= 4 is 6.08 Å². The van der Waals surface area contributed by atoms with Crippen molar-refractivity contribution in [1.82, 2.24) is 0 Å². The van der Waals surface area contributed by atoms with E-state index in [0.29, 0.717) is 12.8 Å². The lowest BCUT2D eigenvalue weighted by atomic mass is 9.93. The van der Waals surface area contributed by atoms with Crippen LogP contribution in [0.1, 0.15) is 19.3 Å². The van der Waals surface area contributed by atoms with E-state index in [2.05, 4.69) is 4.99 Å². The number of aliphatic imine (C=N–C) groups is 1. The number of nitrogens with zero attached hydrogens (tertiary/aromatic N) is 1. The van der Waals surface area contributed by atoms with Crippen LogP contribution in [-0.2, 0) is 4.79 Å². The van der Waals surface area contributed by atoms with Crippen LogP contribution in [0.15, 0.2) is 4.99 Å². The maximum atomic E-state index is 12.8. The van der Waals surface area contributed by atoms with Gasteiger partial charge in [0.1, 0.15) is 12.3 Å². The molecular formula is C7H9F2NO. The Bertz CT molecular complexity index is 179. The number of alkyl halides is 2. The van der Waals surface area contributed by atoms with E-state index in [1.165, 1.54) is 6.08 Å². The summed E-state index contributed by atoms with van der Waals surface area (Å²) in [5, 5.41) is 0. The molecule has 1 saturated carbocycles. The van der Waals surface area contributed by atoms with Crippen LogP contribution in [0.5, 0.6) is 0 Å². The molecule has 0 N–H and O–H groups in total. The van der Waals surface area contributed by atoms with Crippen molar-refractivity contribution in [3.05, 3.63) is 0 Å². The van der Waals surface area contributed by atoms with Gasteiger partial charge in [0.05, 0.1) is 6.04 Å². The van der Waals surface area contributed by atoms with Crippen molar-refractivity contribution in [3.63, 3.8) is 0 Å². The van der Waals surface area contributed by atoms with Crippen LogP contribution < -0.4 is 0 Å². The van der Waals surface area contributed by atoms with Crippen molar-refractivity contribution in [3.8, 4) is 0 Å². The van der Waals surface area contributed by atoms with E-state index in [4.69, 9.17) is 0 Å². The largest absolute Gasteiger partial charge is 0.247 e. The standard InChI is InChI=1S/C7H9F2NO/c8-5-1-2-7(10-4-11)6(9)3-5/h5-7H,1-3H2. The zero-order chi connectivity index (χ0) is 8.27. The Hall–Kier alpha value is -0.760. The Kier molecular flexibility index (Phi) is 2.71. The summed E-state index contributed by atoms with van der Waals surface area (Å²) in [6.45, 7) is 0. The molecule has 2 nitrogen and oxygen atoms in total. The molecule has 3 unspecified atom stereocenters. The van der Waals surface area contributed by atoms with Crippen LogP contribution >= 0.6 is 0 Å². The molecule has 3 atom stereocenters. The second-order valence-corrected chi connectivity index (χ2v) is 2.71. The molecule has 1 rings (SSSR count). The van der Waals surface area contributed by atoms with Crippen molar-refractivity contribution in [2.24, 2.45) is 4.99 Å². The van der Waals surface area contributed by atoms with Gasteiger partial charge in [-0.1, -0.05) is 0 Å². The summed E-state index contributed by atoms with van der Waals surface area (Å²) in [5.74, 6) is 0. The third-order valence-corrected chi connectivity index (χ3v) is 1.89. The molecule has 0 amide bonds. The number of carbonyl (C=O) groups excluding carboxylic acids is 1. The van der Waals surface area contributed by atoms with Gasteiger partial charge in [0.2, 0.25) is 6.08 Å². The predicted octanol–water partition coefficient (Wildman–Crippen LogP) is 1.55. The number of rotatable bonds is 1. The summed E-state index contributed by atoms with van der Waals surface area (Å²) in [7, 11) is 0. The molecule has 1 fully saturated rings.